The molecule has 0 unspecified atom stereocenters. The van der Waals surface area contributed by atoms with Gasteiger partial charge in [-0.25, -0.2) is 0 Å². The first-order valence-electron chi connectivity index (χ1n) is 8.31. The molecule has 4 rings (SSSR count). The van der Waals surface area contributed by atoms with Gasteiger partial charge < -0.3 is 14.8 Å². The van der Waals surface area contributed by atoms with Crippen LogP contribution in [0.15, 0.2) is 60.7 Å². The molecular weight excluding hydrogens is 298 g/mol. The zero-order chi connectivity index (χ0) is 16.5. The SMILES string of the molecule is COc1ccc([C@@H](C)N[C@@H]2COc3ccccc32)c2ccccc12. The summed E-state index contributed by atoms with van der Waals surface area (Å²) in [5.41, 5.74) is 2.51. The third kappa shape index (κ3) is 2.51. The monoisotopic (exact) mass is 319 g/mol. The molecule has 0 aromatic heterocycles. The summed E-state index contributed by atoms with van der Waals surface area (Å²) >= 11 is 0. The first-order chi connectivity index (χ1) is 11.8. The summed E-state index contributed by atoms with van der Waals surface area (Å²) in [7, 11) is 1.72. The van der Waals surface area contributed by atoms with Crippen molar-refractivity contribution in [3.63, 3.8) is 0 Å². The van der Waals surface area contributed by atoms with Crippen molar-refractivity contribution in [3.05, 3.63) is 71.8 Å². The van der Waals surface area contributed by atoms with E-state index in [9.17, 15) is 0 Å². The molecule has 3 aromatic rings. The van der Waals surface area contributed by atoms with E-state index in [4.69, 9.17) is 9.47 Å². The van der Waals surface area contributed by atoms with Crippen molar-refractivity contribution in [2.45, 2.75) is 19.0 Å². The van der Waals surface area contributed by atoms with Gasteiger partial charge in [0.2, 0.25) is 0 Å². The third-order valence-electron chi connectivity index (χ3n) is 4.76. The molecular formula is C21H21NO2. The van der Waals surface area contributed by atoms with E-state index >= 15 is 0 Å². The van der Waals surface area contributed by atoms with Gasteiger partial charge in [0.15, 0.2) is 0 Å². The lowest BCUT2D eigenvalue weighted by molar-refractivity contribution is 0.301. The molecule has 122 valence electrons. The van der Waals surface area contributed by atoms with Crippen LogP contribution < -0.4 is 14.8 Å². The lowest BCUT2D eigenvalue weighted by Crippen LogP contribution is -2.25. The molecule has 0 bridgehead atoms. The van der Waals surface area contributed by atoms with Crippen molar-refractivity contribution in [2.24, 2.45) is 0 Å². The largest absolute Gasteiger partial charge is 0.496 e. The zero-order valence-corrected chi connectivity index (χ0v) is 14.0. The summed E-state index contributed by atoms with van der Waals surface area (Å²) in [6.45, 7) is 2.88. The maximum absolute atomic E-state index is 5.79. The predicted octanol–water partition coefficient (Wildman–Crippen LogP) is 4.63. The summed E-state index contributed by atoms with van der Waals surface area (Å²) in [6, 6.07) is 21.3. The molecule has 3 aromatic carbocycles. The second-order valence-electron chi connectivity index (χ2n) is 6.19. The van der Waals surface area contributed by atoms with Crippen LogP contribution in [0.2, 0.25) is 0 Å². The highest BCUT2D eigenvalue weighted by Crippen LogP contribution is 2.36. The van der Waals surface area contributed by atoms with E-state index in [-0.39, 0.29) is 12.1 Å². The Morgan fingerprint density at radius 2 is 1.75 bits per heavy atom. The van der Waals surface area contributed by atoms with E-state index in [2.05, 4.69) is 54.7 Å². The summed E-state index contributed by atoms with van der Waals surface area (Å²) in [5, 5.41) is 6.09. The second-order valence-corrected chi connectivity index (χ2v) is 6.19. The van der Waals surface area contributed by atoms with Crippen LogP contribution in [0.5, 0.6) is 11.5 Å². The van der Waals surface area contributed by atoms with Gasteiger partial charge in [0.25, 0.3) is 0 Å². The van der Waals surface area contributed by atoms with E-state index < -0.39 is 0 Å². The lowest BCUT2D eigenvalue weighted by Gasteiger charge is -2.21. The zero-order valence-electron chi connectivity index (χ0n) is 14.0. The van der Waals surface area contributed by atoms with E-state index in [0.717, 1.165) is 16.9 Å². The minimum atomic E-state index is 0.209. The van der Waals surface area contributed by atoms with Crippen LogP contribution in [-0.4, -0.2) is 13.7 Å². The van der Waals surface area contributed by atoms with E-state index in [1.165, 1.54) is 16.5 Å². The van der Waals surface area contributed by atoms with Gasteiger partial charge in [-0.05, 0) is 30.0 Å². The number of methoxy groups -OCH3 is 1. The average molecular weight is 319 g/mol. The van der Waals surface area contributed by atoms with Crippen LogP contribution in [0, 0.1) is 0 Å². The number of benzene rings is 3. The van der Waals surface area contributed by atoms with Crippen molar-refractivity contribution < 1.29 is 9.47 Å². The highest BCUT2D eigenvalue weighted by molar-refractivity contribution is 5.91. The van der Waals surface area contributed by atoms with Crippen molar-refractivity contribution >= 4 is 10.8 Å². The fourth-order valence-electron chi connectivity index (χ4n) is 3.54. The Balaban J connectivity index is 1.66. The van der Waals surface area contributed by atoms with Crippen molar-refractivity contribution in [3.8, 4) is 11.5 Å². The van der Waals surface area contributed by atoms with Gasteiger partial charge in [0, 0.05) is 17.0 Å². The highest BCUT2D eigenvalue weighted by Gasteiger charge is 2.25. The average Bonchev–Trinajstić information content (AvgIpc) is 3.03. The molecule has 3 nitrogen and oxygen atoms in total. The molecule has 1 aliphatic rings. The van der Waals surface area contributed by atoms with Gasteiger partial charge in [-0.3, -0.25) is 0 Å². The fourth-order valence-corrected chi connectivity index (χ4v) is 3.54. The molecule has 0 amide bonds. The molecule has 0 radical (unpaired) electrons. The molecule has 3 heteroatoms. The summed E-state index contributed by atoms with van der Waals surface area (Å²) in [4.78, 5) is 0. The Kier molecular flexibility index (Phi) is 3.87. The smallest absolute Gasteiger partial charge is 0.126 e. The molecule has 24 heavy (non-hydrogen) atoms. The summed E-state index contributed by atoms with van der Waals surface area (Å²) in [6.07, 6.45) is 0. The quantitative estimate of drug-likeness (QED) is 0.760. The van der Waals surface area contributed by atoms with Gasteiger partial charge in [-0.2, -0.15) is 0 Å². The number of ether oxygens (including phenoxy) is 2. The molecule has 0 saturated heterocycles. The first-order valence-corrected chi connectivity index (χ1v) is 8.31. The van der Waals surface area contributed by atoms with Gasteiger partial charge >= 0.3 is 0 Å². The minimum Gasteiger partial charge on any atom is -0.496 e. The predicted molar refractivity (Wildman–Crippen MR) is 96.7 cm³/mol. The van der Waals surface area contributed by atoms with Gasteiger partial charge in [-0.1, -0.05) is 48.5 Å². The van der Waals surface area contributed by atoms with Crippen LogP contribution in [0.1, 0.15) is 30.1 Å². The lowest BCUT2D eigenvalue weighted by atomic mass is 9.97. The number of hydrogen-bond acceptors (Lipinski definition) is 3. The Labute approximate surface area is 142 Å². The Morgan fingerprint density at radius 3 is 2.58 bits per heavy atom. The number of para-hydroxylation sites is 1. The Bertz CT molecular complexity index is 875. The Hall–Kier alpha value is -2.52. The van der Waals surface area contributed by atoms with Gasteiger partial charge in [0.05, 0.1) is 13.2 Å². The van der Waals surface area contributed by atoms with E-state index in [1.54, 1.807) is 7.11 Å². The standard InChI is InChI=1S/C21H21NO2/c1-14(22-19-13-24-21-10-6-5-9-18(19)21)15-11-12-20(23-2)17-8-4-3-7-16(15)17/h3-12,14,19,22H,13H2,1-2H3/t14-,19-/m1/s1. The van der Waals surface area contributed by atoms with Crippen LogP contribution >= 0.6 is 0 Å². The minimum absolute atomic E-state index is 0.209. The first kappa shape index (κ1) is 15.0. The van der Waals surface area contributed by atoms with Gasteiger partial charge in [-0.15, -0.1) is 0 Å². The number of fused-ring (bicyclic) bond motifs is 2. The topological polar surface area (TPSA) is 30.5 Å². The number of rotatable bonds is 4. The van der Waals surface area contributed by atoms with Crippen LogP contribution in [0.4, 0.5) is 0 Å². The normalized spacial score (nSPS) is 17.3. The molecule has 0 aliphatic carbocycles. The summed E-state index contributed by atoms with van der Waals surface area (Å²) < 4.78 is 11.3. The second kappa shape index (κ2) is 6.17. The van der Waals surface area contributed by atoms with Crippen LogP contribution in [-0.2, 0) is 0 Å². The van der Waals surface area contributed by atoms with E-state index in [1.807, 2.05) is 18.2 Å². The van der Waals surface area contributed by atoms with Crippen molar-refractivity contribution in [2.75, 3.05) is 13.7 Å². The summed E-state index contributed by atoms with van der Waals surface area (Å²) in [5.74, 6) is 1.90. The Morgan fingerprint density at radius 1 is 1.00 bits per heavy atom. The van der Waals surface area contributed by atoms with Crippen molar-refractivity contribution in [1.82, 2.24) is 5.32 Å². The molecule has 2 atom stereocenters. The highest BCUT2D eigenvalue weighted by atomic mass is 16.5. The third-order valence-corrected chi connectivity index (χ3v) is 4.76. The van der Waals surface area contributed by atoms with E-state index in [0.29, 0.717) is 6.61 Å². The molecule has 1 N–H and O–H groups in total. The molecule has 0 spiro atoms. The van der Waals surface area contributed by atoms with Crippen LogP contribution in [0.25, 0.3) is 10.8 Å². The molecule has 0 fully saturated rings. The number of nitrogens with one attached hydrogen (secondary N) is 1. The number of hydrogen-bond donors (Lipinski definition) is 1. The maximum atomic E-state index is 5.79. The fraction of sp³-hybridized carbons (Fsp3) is 0.238. The van der Waals surface area contributed by atoms with Crippen LogP contribution in [0.3, 0.4) is 0 Å². The maximum Gasteiger partial charge on any atom is 0.126 e. The molecule has 1 aliphatic heterocycles. The van der Waals surface area contributed by atoms with Crippen molar-refractivity contribution in [1.29, 1.82) is 0 Å². The molecule has 0 saturated carbocycles. The van der Waals surface area contributed by atoms with Gasteiger partial charge in [0.1, 0.15) is 18.1 Å². The molecule has 1 heterocycles.